The van der Waals surface area contributed by atoms with Crippen molar-refractivity contribution >= 4 is 17.9 Å². The summed E-state index contributed by atoms with van der Waals surface area (Å²) in [6, 6.07) is 5.74. The average molecular weight is 507 g/mol. The first-order valence-corrected chi connectivity index (χ1v) is 14.2. The van der Waals surface area contributed by atoms with Gasteiger partial charge in [-0.2, -0.15) is 0 Å². The number of thiol groups is 1. The Balaban J connectivity index is 2.15. The average Bonchev–Trinajstić information content (AvgIpc) is 2.86. The fourth-order valence-corrected chi connectivity index (χ4v) is 4.28. The molecule has 0 aliphatic heterocycles. The fraction of sp³-hybridized carbons (Fsp3) is 0.690. The van der Waals surface area contributed by atoms with E-state index in [2.05, 4.69) is 31.7 Å². The van der Waals surface area contributed by atoms with Crippen LogP contribution in [0.4, 0.5) is 4.79 Å². The molecule has 35 heavy (non-hydrogen) atoms. The molecule has 0 saturated carbocycles. The Labute approximate surface area is 220 Å². The number of carbonyl (C=O) groups excluding carboxylic acids is 1. The molecule has 0 unspecified atom stereocenters. The second-order valence-corrected chi connectivity index (χ2v) is 9.65. The van der Waals surface area contributed by atoms with Gasteiger partial charge in [-0.05, 0) is 49.8 Å². The highest BCUT2D eigenvalue weighted by atomic mass is 32.1. The van der Waals surface area contributed by atoms with Gasteiger partial charge in [0.1, 0.15) is 6.61 Å². The molecule has 0 atom stereocenters. The van der Waals surface area contributed by atoms with Crippen LogP contribution in [0.25, 0.3) is 0 Å². The number of methoxy groups -OCH3 is 1. The van der Waals surface area contributed by atoms with Gasteiger partial charge in [-0.3, -0.25) is 4.79 Å². The summed E-state index contributed by atoms with van der Waals surface area (Å²) < 4.78 is 11.0. The molecule has 0 fully saturated rings. The van der Waals surface area contributed by atoms with Crippen molar-refractivity contribution < 1.29 is 14.3 Å². The third-order valence-electron chi connectivity index (χ3n) is 6.19. The number of allylic oxidation sites excluding steroid dienone is 2. The van der Waals surface area contributed by atoms with E-state index in [1.165, 1.54) is 77.0 Å². The van der Waals surface area contributed by atoms with Gasteiger partial charge in [0.2, 0.25) is 0 Å². The minimum absolute atomic E-state index is 0.194. The number of unbranched alkanes of at least 4 members (excludes halogenated alkanes) is 12. The van der Waals surface area contributed by atoms with E-state index in [9.17, 15) is 4.79 Å². The van der Waals surface area contributed by atoms with Crippen LogP contribution >= 0.6 is 12.6 Å². The molecule has 1 rings (SSSR count). The first-order valence-electron chi connectivity index (χ1n) is 13.7. The Morgan fingerprint density at radius 2 is 1.51 bits per heavy atom. The SMILES string of the molecule is CCCCCCCCC=CCCCCCCCCN(Cc1ccc(OCCN)c(OC)c1)C(=O)S. The number of rotatable bonds is 22. The number of ether oxygens (including phenoxy) is 2. The molecule has 6 heteroatoms. The Morgan fingerprint density at radius 3 is 2.09 bits per heavy atom. The van der Waals surface area contributed by atoms with Crippen LogP contribution in [0.5, 0.6) is 11.5 Å². The maximum absolute atomic E-state index is 12.0. The van der Waals surface area contributed by atoms with Crippen LogP contribution in [-0.2, 0) is 6.54 Å². The number of hydrogen-bond acceptors (Lipinski definition) is 4. The van der Waals surface area contributed by atoms with Gasteiger partial charge in [-0.1, -0.05) is 95.6 Å². The lowest BCUT2D eigenvalue weighted by Crippen LogP contribution is -2.27. The smallest absolute Gasteiger partial charge is 0.278 e. The van der Waals surface area contributed by atoms with Crippen molar-refractivity contribution in [2.45, 2.75) is 103 Å². The van der Waals surface area contributed by atoms with Gasteiger partial charge in [0, 0.05) is 19.6 Å². The number of amides is 1. The molecule has 0 saturated heterocycles. The van der Waals surface area contributed by atoms with Crippen LogP contribution < -0.4 is 15.2 Å². The molecule has 2 N–H and O–H groups in total. The molecule has 5 nitrogen and oxygen atoms in total. The molecule has 0 radical (unpaired) electrons. The highest BCUT2D eigenvalue weighted by molar-refractivity contribution is 7.96. The van der Waals surface area contributed by atoms with Crippen molar-refractivity contribution in [2.75, 3.05) is 26.8 Å². The Morgan fingerprint density at radius 1 is 0.914 bits per heavy atom. The van der Waals surface area contributed by atoms with E-state index in [0.717, 1.165) is 24.9 Å². The standard InChI is InChI=1S/C29H50N2O3S/c1-3-4-5-6-7-8-9-10-11-12-13-14-15-16-17-18-22-31(29(32)35)25-26-19-20-27(34-23-21-30)28(24-26)33-2/h10-11,19-20,24H,3-9,12-18,21-23,25,30H2,1-2H3,(H,32,35). The molecule has 1 aromatic carbocycles. The fourth-order valence-electron chi connectivity index (χ4n) is 4.11. The van der Waals surface area contributed by atoms with E-state index >= 15 is 0 Å². The first kappa shape index (κ1) is 31.4. The van der Waals surface area contributed by atoms with Gasteiger partial charge < -0.3 is 20.1 Å². The molecule has 0 aliphatic rings. The molecule has 0 aromatic heterocycles. The zero-order valence-corrected chi connectivity index (χ0v) is 23.2. The second-order valence-electron chi connectivity index (χ2n) is 9.26. The zero-order valence-electron chi connectivity index (χ0n) is 22.3. The van der Waals surface area contributed by atoms with E-state index in [1.807, 2.05) is 18.2 Å². The summed E-state index contributed by atoms with van der Waals surface area (Å²) in [5.41, 5.74) is 6.50. The quantitative estimate of drug-likeness (QED) is 0.0952. The van der Waals surface area contributed by atoms with Crippen LogP contribution in [0.2, 0.25) is 0 Å². The van der Waals surface area contributed by atoms with Crippen molar-refractivity contribution in [1.29, 1.82) is 0 Å². The van der Waals surface area contributed by atoms with E-state index in [1.54, 1.807) is 12.0 Å². The van der Waals surface area contributed by atoms with Crippen LogP contribution in [-0.4, -0.2) is 36.9 Å². The van der Waals surface area contributed by atoms with Gasteiger partial charge in [-0.15, -0.1) is 0 Å². The second kappa shape index (κ2) is 21.6. The van der Waals surface area contributed by atoms with Gasteiger partial charge >= 0.3 is 0 Å². The lowest BCUT2D eigenvalue weighted by molar-refractivity contribution is 0.219. The molecule has 0 bridgehead atoms. The largest absolute Gasteiger partial charge is 0.493 e. The summed E-state index contributed by atoms with van der Waals surface area (Å²) in [6.45, 7) is 4.39. The maximum atomic E-state index is 12.0. The van der Waals surface area contributed by atoms with Crippen molar-refractivity contribution in [3.63, 3.8) is 0 Å². The molecular formula is C29H50N2O3S. The van der Waals surface area contributed by atoms with Crippen molar-refractivity contribution in [1.82, 2.24) is 4.90 Å². The molecular weight excluding hydrogens is 456 g/mol. The van der Waals surface area contributed by atoms with Crippen LogP contribution in [0, 0.1) is 0 Å². The Bertz CT molecular complexity index is 697. The topological polar surface area (TPSA) is 64.8 Å². The Kier molecular flexibility index (Phi) is 19.4. The van der Waals surface area contributed by atoms with Crippen molar-refractivity contribution in [3.8, 4) is 11.5 Å². The van der Waals surface area contributed by atoms with Gasteiger partial charge in [0.15, 0.2) is 11.5 Å². The predicted octanol–water partition coefficient (Wildman–Crippen LogP) is 7.92. The third-order valence-corrected chi connectivity index (χ3v) is 6.47. The molecule has 1 aromatic rings. The number of hydrogen-bond donors (Lipinski definition) is 2. The highest BCUT2D eigenvalue weighted by Crippen LogP contribution is 2.28. The van der Waals surface area contributed by atoms with Gasteiger partial charge in [-0.25, -0.2) is 0 Å². The van der Waals surface area contributed by atoms with E-state index in [0.29, 0.717) is 31.2 Å². The van der Waals surface area contributed by atoms with E-state index in [-0.39, 0.29) is 5.24 Å². The minimum Gasteiger partial charge on any atom is -0.493 e. The summed E-state index contributed by atoms with van der Waals surface area (Å²) in [7, 11) is 1.61. The number of carbonyl (C=O) groups is 1. The van der Waals surface area contributed by atoms with Crippen LogP contribution in [0.15, 0.2) is 30.4 Å². The summed E-state index contributed by atoms with van der Waals surface area (Å²) in [5.74, 6) is 1.32. The van der Waals surface area contributed by atoms with Crippen molar-refractivity contribution in [2.24, 2.45) is 5.73 Å². The molecule has 200 valence electrons. The molecule has 0 heterocycles. The summed E-state index contributed by atoms with van der Waals surface area (Å²) in [6.07, 6.45) is 22.6. The number of nitrogens with two attached hydrogens (primary N) is 1. The van der Waals surface area contributed by atoms with Gasteiger partial charge in [0.25, 0.3) is 5.24 Å². The molecule has 1 amide bonds. The normalized spacial score (nSPS) is 11.2. The van der Waals surface area contributed by atoms with Crippen LogP contribution in [0.3, 0.4) is 0 Å². The molecule has 0 aliphatic carbocycles. The predicted molar refractivity (Wildman–Crippen MR) is 152 cm³/mol. The monoisotopic (exact) mass is 506 g/mol. The van der Waals surface area contributed by atoms with Crippen LogP contribution in [0.1, 0.15) is 102 Å². The number of benzene rings is 1. The zero-order chi connectivity index (χ0) is 25.6. The van der Waals surface area contributed by atoms with E-state index in [4.69, 9.17) is 15.2 Å². The summed E-state index contributed by atoms with van der Waals surface area (Å²) in [4.78, 5) is 13.8. The first-order chi connectivity index (χ1) is 17.1. The minimum atomic E-state index is -0.194. The molecule has 0 spiro atoms. The van der Waals surface area contributed by atoms with E-state index < -0.39 is 0 Å². The lowest BCUT2D eigenvalue weighted by atomic mass is 10.1. The summed E-state index contributed by atoms with van der Waals surface area (Å²) >= 11 is 4.08. The number of nitrogens with zero attached hydrogens (tertiary/aromatic N) is 1. The lowest BCUT2D eigenvalue weighted by Gasteiger charge is -2.21. The van der Waals surface area contributed by atoms with Gasteiger partial charge in [0.05, 0.1) is 7.11 Å². The third kappa shape index (κ3) is 15.8. The Hall–Kier alpha value is -1.66. The maximum Gasteiger partial charge on any atom is 0.278 e. The van der Waals surface area contributed by atoms with Crippen molar-refractivity contribution in [3.05, 3.63) is 35.9 Å². The highest BCUT2D eigenvalue weighted by Gasteiger charge is 2.12. The summed E-state index contributed by atoms with van der Waals surface area (Å²) in [5, 5.41) is -0.194.